The van der Waals surface area contributed by atoms with E-state index in [0.29, 0.717) is 41.8 Å². The molecule has 1 N–H and O–H groups in total. The number of halogens is 1. The van der Waals surface area contributed by atoms with Gasteiger partial charge in [-0.05, 0) is 36.6 Å². The van der Waals surface area contributed by atoms with Gasteiger partial charge >= 0.3 is 0 Å². The summed E-state index contributed by atoms with van der Waals surface area (Å²) in [5.41, 5.74) is 0.894. The van der Waals surface area contributed by atoms with Crippen LogP contribution in [0.4, 0.5) is 5.69 Å². The summed E-state index contributed by atoms with van der Waals surface area (Å²) >= 11 is 6.33. The molecular formula is C25H32ClN3O6S. The molecule has 1 heterocycles. The van der Waals surface area contributed by atoms with E-state index in [-0.39, 0.29) is 24.1 Å². The van der Waals surface area contributed by atoms with Gasteiger partial charge in [-0.1, -0.05) is 43.6 Å². The average Bonchev–Trinajstić information content (AvgIpc) is 2.83. The molecule has 2 aromatic rings. The van der Waals surface area contributed by atoms with Crippen LogP contribution in [-0.2, 0) is 26.2 Å². The van der Waals surface area contributed by atoms with Crippen molar-refractivity contribution in [1.29, 1.82) is 0 Å². The minimum absolute atomic E-state index is 0.0352. The number of sulfonamides is 1. The molecule has 196 valence electrons. The SMILES string of the molecule is CC(C)CNC(=O)C(C)N(Cc1ccccc1Cl)C(=O)CN(c1ccc2c(c1)OCCO2)S(C)(=O)=O. The number of hydrogen-bond donors (Lipinski definition) is 1. The van der Waals surface area contributed by atoms with Crippen molar-refractivity contribution in [2.45, 2.75) is 33.4 Å². The van der Waals surface area contributed by atoms with Crippen LogP contribution >= 0.6 is 11.6 Å². The Balaban J connectivity index is 1.91. The molecule has 0 aromatic heterocycles. The molecule has 0 fully saturated rings. The van der Waals surface area contributed by atoms with Gasteiger partial charge < -0.3 is 19.7 Å². The fraction of sp³-hybridized carbons (Fsp3) is 0.440. The molecule has 1 unspecified atom stereocenters. The summed E-state index contributed by atoms with van der Waals surface area (Å²) in [5.74, 6) is 0.233. The molecule has 0 saturated heterocycles. The van der Waals surface area contributed by atoms with Gasteiger partial charge in [0.2, 0.25) is 21.8 Å². The highest BCUT2D eigenvalue weighted by Gasteiger charge is 2.31. The van der Waals surface area contributed by atoms with Crippen molar-refractivity contribution in [2.75, 3.05) is 36.9 Å². The summed E-state index contributed by atoms with van der Waals surface area (Å²) in [5, 5.41) is 3.28. The zero-order valence-corrected chi connectivity index (χ0v) is 22.4. The standard InChI is InChI=1S/C25H32ClN3O6S/c1-17(2)14-27-25(31)18(3)28(15-19-7-5-6-8-21(19)26)24(30)16-29(36(4,32)33)20-9-10-22-23(13-20)35-12-11-34-22/h5-10,13,17-18H,11-12,14-16H2,1-4H3,(H,27,31). The second-order valence-corrected chi connectivity index (χ2v) is 11.3. The molecule has 2 amide bonds. The summed E-state index contributed by atoms with van der Waals surface area (Å²) in [6.07, 6.45) is 1.02. The van der Waals surface area contributed by atoms with E-state index in [9.17, 15) is 18.0 Å². The molecule has 0 aliphatic carbocycles. The average molecular weight is 538 g/mol. The molecule has 0 saturated carbocycles. The molecule has 3 rings (SSSR count). The Hall–Kier alpha value is -2.98. The summed E-state index contributed by atoms with van der Waals surface area (Å²) in [6, 6.07) is 10.8. The fourth-order valence-electron chi connectivity index (χ4n) is 3.65. The van der Waals surface area contributed by atoms with Crippen LogP contribution < -0.4 is 19.1 Å². The van der Waals surface area contributed by atoms with Crippen molar-refractivity contribution < 1.29 is 27.5 Å². The third kappa shape index (κ3) is 7.04. The predicted molar refractivity (Wildman–Crippen MR) is 139 cm³/mol. The lowest BCUT2D eigenvalue weighted by atomic mass is 10.1. The van der Waals surface area contributed by atoms with Crippen molar-refractivity contribution in [1.82, 2.24) is 10.2 Å². The van der Waals surface area contributed by atoms with Gasteiger partial charge in [0.1, 0.15) is 25.8 Å². The summed E-state index contributed by atoms with van der Waals surface area (Å²) < 4.78 is 37.6. The smallest absolute Gasteiger partial charge is 0.244 e. The third-order valence-corrected chi connectivity index (χ3v) is 7.15. The van der Waals surface area contributed by atoms with Gasteiger partial charge in [0.15, 0.2) is 11.5 Å². The van der Waals surface area contributed by atoms with Crippen molar-refractivity contribution in [3.8, 4) is 11.5 Å². The van der Waals surface area contributed by atoms with Crippen LogP contribution in [0, 0.1) is 5.92 Å². The number of benzene rings is 2. The van der Waals surface area contributed by atoms with Gasteiger partial charge in [0.05, 0.1) is 11.9 Å². The number of ether oxygens (including phenoxy) is 2. The Bertz CT molecular complexity index is 1200. The van der Waals surface area contributed by atoms with Gasteiger partial charge in [-0.2, -0.15) is 0 Å². The van der Waals surface area contributed by atoms with E-state index in [0.717, 1.165) is 10.6 Å². The monoisotopic (exact) mass is 537 g/mol. The van der Waals surface area contributed by atoms with E-state index in [4.69, 9.17) is 21.1 Å². The number of anilines is 1. The van der Waals surface area contributed by atoms with Crippen LogP contribution in [0.2, 0.25) is 5.02 Å². The van der Waals surface area contributed by atoms with Crippen molar-refractivity contribution in [3.63, 3.8) is 0 Å². The van der Waals surface area contributed by atoms with E-state index in [1.807, 2.05) is 13.8 Å². The van der Waals surface area contributed by atoms with Crippen molar-refractivity contribution >= 4 is 39.1 Å². The second kappa shape index (κ2) is 11.8. The van der Waals surface area contributed by atoms with E-state index < -0.39 is 28.5 Å². The quantitative estimate of drug-likeness (QED) is 0.499. The number of rotatable bonds is 10. The Labute approximate surface area is 217 Å². The van der Waals surface area contributed by atoms with Crippen LogP contribution in [0.1, 0.15) is 26.3 Å². The van der Waals surface area contributed by atoms with E-state index in [1.54, 1.807) is 43.3 Å². The van der Waals surface area contributed by atoms with Crippen molar-refractivity contribution in [2.24, 2.45) is 5.92 Å². The number of nitrogens with one attached hydrogen (secondary N) is 1. The Morgan fingerprint density at radius 3 is 2.36 bits per heavy atom. The molecule has 2 aromatic carbocycles. The van der Waals surface area contributed by atoms with Crippen LogP contribution in [0.5, 0.6) is 11.5 Å². The second-order valence-electron chi connectivity index (χ2n) is 9.03. The lowest BCUT2D eigenvalue weighted by molar-refractivity contribution is -0.139. The van der Waals surface area contributed by atoms with Crippen LogP contribution in [0.25, 0.3) is 0 Å². The highest BCUT2D eigenvalue weighted by molar-refractivity contribution is 7.92. The highest BCUT2D eigenvalue weighted by Crippen LogP contribution is 2.34. The van der Waals surface area contributed by atoms with Crippen molar-refractivity contribution in [3.05, 3.63) is 53.1 Å². The molecule has 11 heteroatoms. The highest BCUT2D eigenvalue weighted by atomic mass is 35.5. The van der Waals surface area contributed by atoms with Crippen LogP contribution in [0.3, 0.4) is 0 Å². The van der Waals surface area contributed by atoms with Gasteiger partial charge in [-0.3, -0.25) is 13.9 Å². The van der Waals surface area contributed by atoms with Crippen LogP contribution in [-0.4, -0.2) is 63.7 Å². The summed E-state index contributed by atoms with van der Waals surface area (Å²) in [7, 11) is -3.86. The number of fused-ring (bicyclic) bond motifs is 1. The first kappa shape index (κ1) is 27.6. The normalized spacial score (nSPS) is 13.7. The summed E-state index contributed by atoms with van der Waals surface area (Å²) in [4.78, 5) is 27.8. The number of nitrogens with zero attached hydrogens (tertiary/aromatic N) is 2. The first-order valence-electron chi connectivity index (χ1n) is 11.6. The molecule has 1 aliphatic rings. The predicted octanol–water partition coefficient (Wildman–Crippen LogP) is 3.07. The molecule has 0 bridgehead atoms. The molecule has 0 radical (unpaired) electrons. The summed E-state index contributed by atoms with van der Waals surface area (Å²) in [6.45, 7) is 6.25. The Morgan fingerprint density at radius 2 is 1.72 bits per heavy atom. The Morgan fingerprint density at radius 1 is 1.06 bits per heavy atom. The molecule has 1 aliphatic heterocycles. The zero-order chi connectivity index (χ0) is 26.5. The van der Waals surface area contributed by atoms with Gasteiger partial charge in [0, 0.05) is 24.2 Å². The molecule has 9 nitrogen and oxygen atoms in total. The number of carbonyl (C=O) groups is 2. The zero-order valence-electron chi connectivity index (χ0n) is 20.9. The number of amides is 2. The van der Waals surface area contributed by atoms with Crippen LogP contribution in [0.15, 0.2) is 42.5 Å². The minimum atomic E-state index is -3.86. The van der Waals surface area contributed by atoms with Gasteiger partial charge in [0.25, 0.3) is 0 Å². The maximum absolute atomic E-state index is 13.6. The first-order valence-corrected chi connectivity index (χ1v) is 13.9. The molecule has 0 spiro atoms. The molecular weight excluding hydrogens is 506 g/mol. The minimum Gasteiger partial charge on any atom is -0.486 e. The fourth-order valence-corrected chi connectivity index (χ4v) is 4.68. The van der Waals surface area contributed by atoms with E-state index >= 15 is 0 Å². The lowest BCUT2D eigenvalue weighted by Crippen LogP contribution is -2.51. The van der Waals surface area contributed by atoms with E-state index in [2.05, 4.69) is 5.32 Å². The Kier molecular flexibility index (Phi) is 9.08. The number of carbonyl (C=O) groups excluding carboxylic acids is 2. The topological polar surface area (TPSA) is 105 Å². The lowest BCUT2D eigenvalue weighted by Gasteiger charge is -2.32. The van der Waals surface area contributed by atoms with Gasteiger partial charge in [-0.25, -0.2) is 8.42 Å². The molecule has 36 heavy (non-hydrogen) atoms. The molecule has 1 atom stereocenters. The first-order chi connectivity index (χ1) is 17.0. The maximum atomic E-state index is 13.6. The van der Waals surface area contributed by atoms with E-state index in [1.165, 1.54) is 11.0 Å². The maximum Gasteiger partial charge on any atom is 0.244 e. The largest absolute Gasteiger partial charge is 0.486 e. The third-order valence-electron chi connectivity index (χ3n) is 5.64. The van der Waals surface area contributed by atoms with Gasteiger partial charge in [-0.15, -0.1) is 0 Å². The number of hydrogen-bond acceptors (Lipinski definition) is 6.